The SMILES string of the molecule is CO[C@@H]1O[C@H](CO)[C@H](S)[C@H](O)[C@H]1O. The molecule has 1 aliphatic heterocycles. The lowest BCUT2D eigenvalue weighted by Gasteiger charge is -2.39. The number of methoxy groups -OCH3 is 1. The van der Waals surface area contributed by atoms with Crippen LogP contribution in [0, 0.1) is 0 Å². The summed E-state index contributed by atoms with van der Waals surface area (Å²) in [6.45, 7) is -0.266. The predicted octanol–water partition coefficient (Wildman–Crippen LogP) is -1.63. The first-order valence-electron chi connectivity index (χ1n) is 3.95. The Bertz CT molecular complexity index is 147. The zero-order chi connectivity index (χ0) is 10.0. The molecule has 0 aromatic rings. The van der Waals surface area contributed by atoms with Crippen LogP contribution in [0.1, 0.15) is 0 Å². The molecule has 1 fully saturated rings. The first-order chi connectivity index (χ1) is 6.11. The molecule has 3 N–H and O–H groups in total. The van der Waals surface area contributed by atoms with E-state index in [1.54, 1.807) is 0 Å². The van der Waals surface area contributed by atoms with E-state index in [1.165, 1.54) is 7.11 Å². The van der Waals surface area contributed by atoms with Gasteiger partial charge in [0.1, 0.15) is 6.10 Å². The van der Waals surface area contributed by atoms with Crippen LogP contribution in [-0.2, 0) is 9.47 Å². The molecule has 0 aromatic carbocycles. The van der Waals surface area contributed by atoms with Gasteiger partial charge in [-0.25, -0.2) is 0 Å². The molecule has 1 rings (SSSR count). The van der Waals surface area contributed by atoms with E-state index in [0.29, 0.717) is 0 Å². The zero-order valence-corrected chi connectivity index (χ0v) is 8.09. The highest BCUT2D eigenvalue weighted by Gasteiger charge is 2.42. The topological polar surface area (TPSA) is 79.2 Å². The molecule has 5 atom stereocenters. The second kappa shape index (κ2) is 4.59. The Balaban J connectivity index is 2.66. The Morgan fingerprint density at radius 1 is 1.38 bits per heavy atom. The normalized spacial score (nSPS) is 46.4. The zero-order valence-electron chi connectivity index (χ0n) is 7.20. The van der Waals surface area contributed by atoms with Crippen LogP contribution in [0.5, 0.6) is 0 Å². The number of aliphatic hydroxyl groups is 3. The Morgan fingerprint density at radius 3 is 2.46 bits per heavy atom. The molecule has 0 radical (unpaired) electrons. The third-order valence-corrected chi connectivity index (χ3v) is 2.72. The Morgan fingerprint density at radius 2 is 2.00 bits per heavy atom. The summed E-state index contributed by atoms with van der Waals surface area (Å²) in [6, 6.07) is 0. The standard InChI is InChI=1S/C7H14O5S/c1-11-7-5(10)4(9)6(13)3(2-8)12-7/h3-10,13H,2H2,1H3/t3-,4-,5-,6+,7-/m1/s1. The second-order valence-electron chi connectivity index (χ2n) is 2.93. The lowest BCUT2D eigenvalue weighted by atomic mass is 10.0. The minimum Gasteiger partial charge on any atom is -0.394 e. The van der Waals surface area contributed by atoms with Crippen molar-refractivity contribution in [3.8, 4) is 0 Å². The predicted molar refractivity (Wildman–Crippen MR) is 47.5 cm³/mol. The van der Waals surface area contributed by atoms with E-state index >= 15 is 0 Å². The van der Waals surface area contributed by atoms with Crippen LogP contribution in [0.25, 0.3) is 0 Å². The molecular formula is C7H14O5S. The molecule has 0 unspecified atom stereocenters. The van der Waals surface area contributed by atoms with Gasteiger partial charge in [0.2, 0.25) is 0 Å². The van der Waals surface area contributed by atoms with Crippen molar-refractivity contribution < 1.29 is 24.8 Å². The van der Waals surface area contributed by atoms with Crippen molar-refractivity contribution in [1.82, 2.24) is 0 Å². The summed E-state index contributed by atoms with van der Waals surface area (Å²) in [5.74, 6) is 0. The highest BCUT2D eigenvalue weighted by molar-refractivity contribution is 7.81. The van der Waals surface area contributed by atoms with Gasteiger partial charge in [0.05, 0.1) is 24.1 Å². The van der Waals surface area contributed by atoms with Gasteiger partial charge >= 0.3 is 0 Å². The van der Waals surface area contributed by atoms with Crippen LogP contribution in [0.15, 0.2) is 0 Å². The van der Waals surface area contributed by atoms with Crippen LogP contribution in [-0.4, -0.2) is 58.9 Å². The summed E-state index contributed by atoms with van der Waals surface area (Å²) in [7, 11) is 1.36. The van der Waals surface area contributed by atoms with Gasteiger partial charge in [0.15, 0.2) is 6.29 Å². The minimum atomic E-state index is -1.13. The maximum absolute atomic E-state index is 9.45. The first kappa shape index (κ1) is 11.2. The van der Waals surface area contributed by atoms with Gasteiger partial charge < -0.3 is 24.8 Å². The average molecular weight is 210 g/mol. The number of rotatable bonds is 2. The summed E-state index contributed by atoms with van der Waals surface area (Å²) >= 11 is 4.02. The molecule has 5 nitrogen and oxygen atoms in total. The number of hydrogen-bond donors (Lipinski definition) is 4. The van der Waals surface area contributed by atoms with Crippen LogP contribution < -0.4 is 0 Å². The van der Waals surface area contributed by atoms with Crippen LogP contribution in [0.2, 0.25) is 0 Å². The Hall–Kier alpha value is 0.150. The van der Waals surface area contributed by atoms with Crippen molar-refractivity contribution in [3.05, 3.63) is 0 Å². The van der Waals surface area contributed by atoms with Gasteiger partial charge in [0, 0.05) is 7.11 Å². The summed E-state index contributed by atoms with van der Waals surface area (Å²) < 4.78 is 9.90. The third-order valence-electron chi connectivity index (χ3n) is 2.08. The monoisotopic (exact) mass is 210 g/mol. The third kappa shape index (κ3) is 2.15. The quantitative estimate of drug-likeness (QED) is 0.412. The van der Waals surface area contributed by atoms with Gasteiger partial charge in [-0.05, 0) is 0 Å². The number of ether oxygens (including phenoxy) is 2. The molecule has 1 heterocycles. The van der Waals surface area contributed by atoms with Gasteiger partial charge in [-0.3, -0.25) is 0 Å². The first-order valence-corrected chi connectivity index (χ1v) is 4.46. The van der Waals surface area contributed by atoms with Crippen LogP contribution in [0.4, 0.5) is 0 Å². The summed E-state index contributed by atoms with van der Waals surface area (Å²) in [5, 5.41) is 27.1. The molecule has 78 valence electrons. The van der Waals surface area contributed by atoms with E-state index in [1.807, 2.05) is 0 Å². The number of hydrogen-bond acceptors (Lipinski definition) is 6. The van der Waals surface area contributed by atoms with Gasteiger partial charge in [-0.1, -0.05) is 0 Å². The van der Waals surface area contributed by atoms with Crippen molar-refractivity contribution in [2.24, 2.45) is 0 Å². The summed E-state index contributed by atoms with van der Waals surface area (Å²) in [6.07, 6.45) is -3.71. The van der Waals surface area contributed by atoms with E-state index < -0.39 is 29.9 Å². The summed E-state index contributed by atoms with van der Waals surface area (Å²) in [5.41, 5.74) is 0. The van der Waals surface area contributed by atoms with Gasteiger partial charge in [-0.15, -0.1) is 0 Å². The van der Waals surface area contributed by atoms with Crippen molar-refractivity contribution >= 4 is 12.6 Å². The molecule has 0 bridgehead atoms. The van der Waals surface area contributed by atoms with E-state index in [9.17, 15) is 10.2 Å². The second-order valence-corrected chi connectivity index (χ2v) is 3.53. The van der Waals surface area contributed by atoms with E-state index in [-0.39, 0.29) is 6.61 Å². The molecule has 13 heavy (non-hydrogen) atoms. The molecule has 1 aliphatic rings. The Kier molecular flexibility index (Phi) is 3.96. The van der Waals surface area contributed by atoms with Crippen molar-refractivity contribution in [2.75, 3.05) is 13.7 Å². The highest BCUT2D eigenvalue weighted by Crippen LogP contribution is 2.24. The smallest absolute Gasteiger partial charge is 0.186 e. The van der Waals surface area contributed by atoms with Gasteiger partial charge in [0.25, 0.3) is 0 Å². The lowest BCUT2D eigenvalue weighted by molar-refractivity contribution is -0.259. The highest BCUT2D eigenvalue weighted by atomic mass is 32.1. The van der Waals surface area contributed by atoms with E-state index in [2.05, 4.69) is 12.6 Å². The lowest BCUT2D eigenvalue weighted by Crippen LogP contribution is -2.57. The molecular weight excluding hydrogens is 196 g/mol. The maximum atomic E-state index is 9.45. The molecule has 0 aromatic heterocycles. The molecule has 0 saturated carbocycles. The minimum absolute atomic E-state index is 0.266. The molecule has 1 saturated heterocycles. The van der Waals surface area contributed by atoms with Crippen LogP contribution >= 0.6 is 12.6 Å². The number of thiol groups is 1. The average Bonchev–Trinajstić information content (AvgIpc) is 2.15. The maximum Gasteiger partial charge on any atom is 0.186 e. The van der Waals surface area contributed by atoms with Crippen molar-refractivity contribution in [3.63, 3.8) is 0 Å². The largest absolute Gasteiger partial charge is 0.394 e. The fourth-order valence-corrected chi connectivity index (χ4v) is 1.60. The fourth-order valence-electron chi connectivity index (χ4n) is 1.26. The van der Waals surface area contributed by atoms with Gasteiger partial charge in [-0.2, -0.15) is 12.6 Å². The van der Waals surface area contributed by atoms with Crippen molar-refractivity contribution in [2.45, 2.75) is 29.9 Å². The molecule has 0 amide bonds. The number of aliphatic hydroxyl groups excluding tert-OH is 3. The Labute approximate surface area is 81.7 Å². The molecule has 0 spiro atoms. The fraction of sp³-hybridized carbons (Fsp3) is 1.00. The molecule has 0 aliphatic carbocycles. The van der Waals surface area contributed by atoms with Crippen LogP contribution in [0.3, 0.4) is 0 Å². The molecule has 6 heteroatoms. The van der Waals surface area contributed by atoms with E-state index in [4.69, 9.17) is 14.6 Å². The van der Waals surface area contributed by atoms with E-state index in [0.717, 1.165) is 0 Å². The summed E-state index contributed by atoms with van der Waals surface area (Å²) in [4.78, 5) is 0. The van der Waals surface area contributed by atoms with Crippen molar-refractivity contribution in [1.29, 1.82) is 0 Å².